The zero-order valence-electron chi connectivity index (χ0n) is 11.8. The summed E-state index contributed by atoms with van der Waals surface area (Å²) in [5.41, 5.74) is 5.27. The first-order chi connectivity index (χ1) is 8.34. The van der Waals surface area contributed by atoms with Gasteiger partial charge < -0.3 is 11.1 Å². The minimum atomic E-state index is -0.519. The molecule has 4 heteroatoms. The van der Waals surface area contributed by atoms with Crippen LogP contribution in [0.2, 0.25) is 0 Å². The van der Waals surface area contributed by atoms with Crippen molar-refractivity contribution in [1.29, 1.82) is 0 Å². The van der Waals surface area contributed by atoms with Crippen molar-refractivity contribution in [3.8, 4) is 0 Å². The zero-order chi connectivity index (χ0) is 13.8. The van der Waals surface area contributed by atoms with Crippen LogP contribution >= 0.6 is 12.2 Å². The van der Waals surface area contributed by atoms with Crippen molar-refractivity contribution >= 4 is 23.1 Å². The minimum absolute atomic E-state index is 0.0265. The number of nitrogens with two attached hydrogens (primary N) is 1. The Hall–Kier alpha value is -0.640. The van der Waals surface area contributed by atoms with E-state index >= 15 is 0 Å². The van der Waals surface area contributed by atoms with Gasteiger partial charge in [0, 0.05) is 6.54 Å². The minimum Gasteiger partial charge on any atom is -0.392 e. The lowest BCUT2D eigenvalue weighted by Crippen LogP contribution is -2.43. The third-order valence-electron chi connectivity index (χ3n) is 3.84. The number of nitrogens with one attached hydrogen (secondary N) is 1. The Morgan fingerprint density at radius 1 is 1.39 bits per heavy atom. The Morgan fingerprint density at radius 3 is 2.44 bits per heavy atom. The Balaban J connectivity index is 2.36. The van der Waals surface area contributed by atoms with Crippen LogP contribution in [0.25, 0.3) is 0 Å². The van der Waals surface area contributed by atoms with E-state index in [2.05, 4.69) is 26.1 Å². The number of unbranched alkanes of at least 4 members (excludes halogenated alkanes) is 2. The summed E-state index contributed by atoms with van der Waals surface area (Å²) < 4.78 is 0. The first-order valence-corrected chi connectivity index (χ1v) is 7.33. The van der Waals surface area contributed by atoms with Gasteiger partial charge >= 0.3 is 0 Å². The highest BCUT2D eigenvalue weighted by Gasteiger charge is 2.52. The molecular formula is C14H26N2OS. The molecule has 0 atom stereocenters. The second kappa shape index (κ2) is 6.00. The van der Waals surface area contributed by atoms with E-state index < -0.39 is 5.41 Å². The lowest BCUT2D eigenvalue weighted by molar-refractivity contribution is -0.124. The fourth-order valence-corrected chi connectivity index (χ4v) is 2.44. The van der Waals surface area contributed by atoms with Gasteiger partial charge in [0.05, 0.1) is 10.4 Å². The molecule has 1 aliphatic rings. The monoisotopic (exact) mass is 270 g/mol. The van der Waals surface area contributed by atoms with Crippen LogP contribution in [0.15, 0.2) is 0 Å². The van der Waals surface area contributed by atoms with Crippen molar-refractivity contribution in [3.63, 3.8) is 0 Å². The van der Waals surface area contributed by atoms with Crippen LogP contribution in [-0.2, 0) is 4.79 Å². The lowest BCUT2D eigenvalue weighted by Gasteiger charge is -2.26. The molecule has 18 heavy (non-hydrogen) atoms. The van der Waals surface area contributed by atoms with E-state index in [1.807, 2.05) is 0 Å². The van der Waals surface area contributed by atoms with Gasteiger partial charge in [-0.1, -0.05) is 52.3 Å². The van der Waals surface area contributed by atoms with Crippen molar-refractivity contribution in [3.05, 3.63) is 0 Å². The first kappa shape index (κ1) is 15.4. The average Bonchev–Trinajstić information content (AvgIpc) is 3.07. The molecule has 1 aliphatic carbocycles. The Labute approximate surface area is 116 Å². The lowest BCUT2D eigenvalue weighted by atomic mass is 9.86. The summed E-state index contributed by atoms with van der Waals surface area (Å²) in [7, 11) is 0. The number of carbonyl (C=O) groups excluding carboxylic acids is 1. The fourth-order valence-electron chi connectivity index (χ4n) is 2.14. The molecule has 0 heterocycles. The van der Waals surface area contributed by atoms with E-state index in [4.69, 9.17) is 18.0 Å². The Bertz CT molecular complexity index is 322. The van der Waals surface area contributed by atoms with Gasteiger partial charge in [-0.15, -0.1) is 0 Å². The Morgan fingerprint density at radius 2 is 2.00 bits per heavy atom. The summed E-state index contributed by atoms with van der Waals surface area (Å²) in [5, 5.41) is 3.03. The molecule has 1 fully saturated rings. The van der Waals surface area contributed by atoms with Gasteiger partial charge in [-0.05, 0) is 24.7 Å². The van der Waals surface area contributed by atoms with Crippen LogP contribution in [0.5, 0.6) is 0 Å². The van der Waals surface area contributed by atoms with Crippen LogP contribution in [0.4, 0.5) is 0 Å². The van der Waals surface area contributed by atoms with Crippen LogP contribution in [-0.4, -0.2) is 17.4 Å². The van der Waals surface area contributed by atoms with E-state index in [1.165, 1.54) is 19.3 Å². The summed E-state index contributed by atoms with van der Waals surface area (Å²) >= 11 is 4.98. The highest BCUT2D eigenvalue weighted by Crippen LogP contribution is 2.46. The van der Waals surface area contributed by atoms with Crippen LogP contribution in [0.1, 0.15) is 59.3 Å². The normalized spacial score (nSPS) is 17.3. The van der Waals surface area contributed by atoms with Crippen molar-refractivity contribution < 1.29 is 4.79 Å². The van der Waals surface area contributed by atoms with Crippen molar-refractivity contribution in [1.82, 2.24) is 5.32 Å². The molecule has 0 saturated heterocycles. The molecule has 0 aromatic carbocycles. The maximum atomic E-state index is 12.1. The predicted molar refractivity (Wildman–Crippen MR) is 79.4 cm³/mol. The van der Waals surface area contributed by atoms with Crippen LogP contribution in [0, 0.1) is 10.8 Å². The molecule has 1 rings (SSSR count). The first-order valence-electron chi connectivity index (χ1n) is 6.92. The van der Waals surface area contributed by atoms with Crippen molar-refractivity contribution in [2.24, 2.45) is 16.6 Å². The third kappa shape index (κ3) is 3.94. The molecule has 0 bridgehead atoms. The number of thiocarbonyl (C=S) groups is 1. The van der Waals surface area contributed by atoms with Gasteiger partial charge in [-0.3, -0.25) is 4.79 Å². The summed E-state index contributed by atoms with van der Waals surface area (Å²) in [6.45, 7) is 7.31. The summed E-state index contributed by atoms with van der Waals surface area (Å²) in [5.74, 6) is 0.0265. The molecular weight excluding hydrogens is 244 g/mol. The van der Waals surface area contributed by atoms with E-state index in [0.717, 1.165) is 19.3 Å². The molecule has 0 unspecified atom stereocenters. The second-order valence-corrected chi connectivity index (χ2v) is 6.69. The third-order valence-corrected chi connectivity index (χ3v) is 4.23. The van der Waals surface area contributed by atoms with Crippen molar-refractivity contribution in [2.75, 3.05) is 6.54 Å². The van der Waals surface area contributed by atoms with Gasteiger partial charge in [0.1, 0.15) is 0 Å². The molecule has 104 valence electrons. The summed E-state index contributed by atoms with van der Waals surface area (Å²) in [6.07, 6.45) is 6.47. The highest BCUT2D eigenvalue weighted by atomic mass is 32.1. The highest BCUT2D eigenvalue weighted by molar-refractivity contribution is 7.80. The molecule has 0 aromatic heterocycles. The number of hydrogen-bond donors (Lipinski definition) is 2. The van der Waals surface area contributed by atoms with E-state index in [0.29, 0.717) is 11.5 Å². The molecule has 0 aromatic rings. The second-order valence-electron chi connectivity index (χ2n) is 6.25. The largest absolute Gasteiger partial charge is 0.392 e. The Kier molecular flexibility index (Phi) is 5.14. The van der Waals surface area contributed by atoms with Gasteiger partial charge in [-0.25, -0.2) is 0 Å². The fraction of sp³-hybridized carbons (Fsp3) is 0.857. The molecule has 0 aliphatic heterocycles. The van der Waals surface area contributed by atoms with Gasteiger partial charge in [0.25, 0.3) is 0 Å². The average molecular weight is 270 g/mol. The topological polar surface area (TPSA) is 55.1 Å². The molecule has 0 radical (unpaired) electrons. The summed E-state index contributed by atoms with van der Waals surface area (Å²) in [6, 6.07) is 0. The van der Waals surface area contributed by atoms with E-state index in [-0.39, 0.29) is 11.3 Å². The predicted octanol–water partition coefficient (Wildman–Crippen LogP) is 2.78. The number of hydrogen-bond acceptors (Lipinski definition) is 2. The van der Waals surface area contributed by atoms with Gasteiger partial charge in [-0.2, -0.15) is 0 Å². The maximum Gasteiger partial charge on any atom is 0.233 e. The van der Waals surface area contributed by atoms with Gasteiger partial charge in [0.15, 0.2) is 0 Å². The van der Waals surface area contributed by atoms with E-state index in [1.54, 1.807) is 0 Å². The molecule has 1 saturated carbocycles. The zero-order valence-corrected chi connectivity index (χ0v) is 12.7. The SMILES string of the molecule is CCCCCC(C)(C)CNC(=O)C1(C(N)=S)CC1. The van der Waals surface area contributed by atoms with E-state index in [9.17, 15) is 4.79 Å². The van der Waals surface area contributed by atoms with Crippen molar-refractivity contribution in [2.45, 2.75) is 59.3 Å². The molecule has 3 nitrogen and oxygen atoms in total. The maximum absolute atomic E-state index is 12.1. The number of rotatable bonds is 8. The molecule has 0 spiro atoms. The number of amides is 1. The molecule has 3 N–H and O–H groups in total. The quantitative estimate of drug-likeness (QED) is 0.527. The van der Waals surface area contributed by atoms with Crippen LogP contribution in [0.3, 0.4) is 0 Å². The standard InChI is InChI=1S/C14H26N2OS/c1-4-5-6-7-13(2,3)10-16-12(17)14(8-9-14)11(15)18/h4-10H2,1-3H3,(H2,15,18)(H,16,17). The number of carbonyl (C=O) groups is 1. The van der Waals surface area contributed by atoms with Crippen LogP contribution < -0.4 is 11.1 Å². The molecule has 1 amide bonds. The van der Waals surface area contributed by atoms with Gasteiger partial charge in [0.2, 0.25) is 5.91 Å². The summed E-state index contributed by atoms with van der Waals surface area (Å²) in [4.78, 5) is 12.4. The smallest absolute Gasteiger partial charge is 0.233 e.